The van der Waals surface area contributed by atoms with E-state index in [2.05, 4.69) is 72.8 Å². The highest BCUT2D eigenvalue weighted by atomic mass is 16.5. The molecule has 0 N–H and O–H groups in total. The van der Waals surface area contributed by atoms with E-state index in [0.717, 1.165) is 72.9 Å². The zero-order chi connectivity index (χ0) is 25.9. The van der Waals surface area contributed by atoms with Crippen molar-refractivity contribution in [2.24, 2.45) is 0 Å². The molecular weight excluding hydrogens is 494 g/mol. The van der Waals surface area contributed by atoms with E-state index in [-0.39, 0.29) is 25.3 Å². The van der Waals surface area contributed by atoms with Gasteiger partial charge in [-0.1, -0.05) is 72.8 Å². The van der Waals surface area contributed by atoms with Crippen LogP contribution >= 0.6 is 0 Å². The largest absolute Gasteiger partial charge is 0.487 e. The van der Waals surface area contributed by atoms with Gasteiger partial charge in [-0.3, -0.25) is 0 Å². The summed E-state index contributed by atoms with van der Waals surface area (Å²) in [4.78, 5) is 0. The molecule has 4 aliphatic heterocycles. The van der Waals surface area contributed by atoms with Crippen LogP contribution < -0.4 is 46.3 Å². The van der Waals surface area contributed by atoms with Crippen molar-refractivity contribution in [3.8, 4) is 40.2 Å². The number of hydrogen-bond donors (Lipinski definition) is 0. The summed E-state index contributed by atoms with van der Waals surface area (Å²) in [7, 11) is 0. The second-order valence-corrected chi connectivity index (χ2v) is 11.1. The van der Waals surface area contributed by atoms with Crippen LogP contribution in [-0.4, -0.2) is 19.5 Å². The predicted molar refractivity (Wildman–Crippen MR) is 160 cm³/mol. The average molecular weight is 514 g/mol. The van der Waals surface area contributed by atoms with Gasteiger partial charge in [0.15, 0.2) is 0 Å². The first-order valence-corrected chi connectivity index (χ1v) is 13.8. The maximum absolute atomic E-state index is 6.72. The van der Waals surface area contributed by atoms with Gasteiger partial charge in [0.1, 0.15) is 46.4 Å². The Morgan fingerprint density at radius 2 is 1.15 bits per heavy atom. The van der Waals surface area contributed by atoms with E-state index < -0.39 is 0 Å². The fourth-order valence-corrected chi connectivity index (χ4v) is 7.45. The first kappa shape index (κ1) is 21.0. The van der Waals surface area contributed by atoms with Crippen LogP contribution in [0.1, 0.15) is 0 Å². The standard InChI is InChI=1S/C34H20B2O4/c1-3-9-25-21(7-1)35-23-17-15-20-19(33(23)39-29-13-5-11-27(37-25)31(29)35)16-18-24-34(20)40-30-14-6-12-28-32(30)36(24)22-8-2-4-10-26(22)38-28/h1-18,21,25H. The summed E-state index contributed by atoms with van der Waals surface area (Å²) >= 11 is 0. The Bertz CT molecular complexity index is 2010. The maximum atomic E-state index is 6.72. The molecule has 4 heterocycles. The number of ether oxygens (including phenoxy) is 4. The molecule has 5 aromatic carbocycles. The van der Waals surface area contributed by atoms with Crippen molar-refractivity contribution in [3.63, 3.8) is 0 Å². The zero-order valence-electron chi connectivity index (χ0n) is 21.3. The highest BCUT2D eigenvalue weighted by molar-refractivity contribution is 6.98. The van der Waals surface area contributed by atoms with Crippen molar-refractivity contribution in [1.29, 1.82) is 0 Å². The van der Waals surface area contributed by atoms with E-state index in [9.17, 15) is 0 Å². The molecule has 5 aromatic rings. The zero-order valence-corrected chi connectivity index (χ0v) is 21.3. The Kier molecular flexibility index (Phi) is 3.91. The molecule has 0 amide bonds. The third-order valence-electron chi connectivity index (χ3n) is 9.11. The van der Waals surface area contributed by atoms with Gasteiger partial charge in [0.25, 0.3) is 6.71 Å². The minimum Gasteiger partial charge on any atom is -0.487 e. The summed E-state index contributed by atoms with van der Waals surface area (Å²) in [5, 5.41) is 2.11. The van der Waals surface area contributed by atoms with E-state index in [1.165, 1.54) is 5.46 Å². The van der Waals surface area contributed by atoms with E-state index in [0.29, 0.717) is 0 Å². The van der Waals surface area contributed by atoms with Crippen molar-refractivity contribution < 1.29 is 18.9 Å². The summed E-state index contributed by atoms with van der Waals surface area (Å²) in [6.07, 6.45) is 8.67. The molecule has 6 heteroatoms. The van der Waals surface area contributed by atoms with Crippen molar-refractivity contribution in [2.75, 3.05) is 0 Å². The summed E-state index contributed by atoms with van der Waals surface area (Å²) < 4.78 is 26.1. The second kappa shape index (κ2) is 7.42. The van der Waals surface area contributed by atoms with E-state index in [1.807, 2.05) is 36.4 Å². The van der Waals surface area contributed by atoms with Gasteiger partial charge in [-0.25, -0.2) is 0 Å². The second-order valence-electron chi connectivity index (χ2n) is 11.1. The van der Waals surface area contributed by atoms with E-state index in [4.69, 9.17) is 18.9 Å². The molecule has 10 rings (SSSR count). The van der Waals surface area contributed by atoms with Crippen LogP contribution in [0.5, 0.6) is 40.2 Å². The quantitative estimate of drug-likeness (QED) is 0.279. The predicted octanol–water partition coefficient (Wildman–Crippen LogP) is 4.54. The van der Waals surface area contributed by atoms with Gasteiger partial charge in [0.05, 0.1) is 0 Å². The Hall–Kier alpha value is -4.83. The lowest BCUT2D eigenvalue weighted by atomic mass is 9.30. The molecule has 186 valence electrons. The highest BCUT2D eigenvalue weighted by Gasteiger charge is 2.47. The summed E-state index contributed by atoms with van der Waals surface area (Å²) in [6.45, 7) is 0.196. The Labute approximate surface area is 231 Å². The summed E-state index contributed by atoms with van der Waals surface area (Å²) in [5.41, 5.74) is 5.74. The summed E-state index contributed by atoms with van der Waals surface area (Å²) in [6, 6.07) is 29.4. The molecular formula is C34H20B2O4. The molecule has 0 spiro atoms. The smallest absolute Gasteiger partial charge is 0.260 e. The minimum atomic E-state index is 0.00514. The lowest BCUT2D eigenvalue weighted by molar-refractivity contribution is 0.245. The molecule has 2 atom stereocenters. The van der Waals surface area contributed by atoms with Crippen LogP contribution in [-0.2, 0) is 0 Å². The van der Waals surface area contributed by atoms with Gasteiger partial charge in [0, 0.05) is 27.5 Å². The van der Waals surface area contributed by atoms with Crippen molar-refractivity contribution in [3.05, 3.63) is 109 Å². The van der Waals surface area contributed by atoms with Crippen LogP contribution in [0, 0.1) is 0 Å². The number of fused-ring (bicyclic) bond motifs is 11. The number of allylic oxidation sites excluding steroid dienone is 2. The van der Waals surface area contributed by atoms with Crippen LogP contribution in [0.15, 0.2) is 109 Å². The lowest BCUT2D eigenvalue weighted by Crippen LogP contribution is -2.57. The first-order chi connectivity index (χ1) is 19.8. The van der Waals surface area contributed by atoms with Gasteiger partial charge in [-0.15, -0.1) is 0 Å². The molecule has 0 saturated carbocycles. The first-order valence-electron chi connectivity index (χ1n) is 13.8. The molecule has 0 saturated heterocycles. The van der Waals surface area contributed by atoms with Crippen molar-refractivity contribution in [2.45, 2.75) is 11.9 Å². The van der Waals surface area contributed by atoms with Crippen LogP contribution in [0.25, 0.3) is 10.8 Å². The molecule has 40 heavy (non-hydrogen) atoms. The van der Waals surface area contributed by atoms with Crippen LogP contribution in [0.3, 0.4) is 0 Å². The van der Waals surface area contributed by atoms with E-state index in [1.54, 1.807) is 0 Å². The lowest BCUT2D eigenvalue weighted by Gasteiger charge is -2.40. The van der Waals surface area contributed by atoms with Crippen molar-refractivity contribution >= 4 is 51.5 Å². The Morgan fingerprint density at radius 3 is 2.00 bits per heavy atom. The number of hydrogen-bond acceptors (Lipinski definition) is 4. The molecule has 5 aliphatic rings. The minimum absolute atomic E-state index is 0.00514. The van der Waals surface area contributed by atoms with Gasteiger partial charge in [0.2, 0.25) is 6.71 Å². The number of rotatable bonds is 0. The fourth-order valence-electron chi connectivity index (χ4n) is 7.45. The van der Waals surface area contributed by atoms with Crippen LogP contribution in [0.4, 0.5) is 0 Å². The average Bonchev–Trinajstić information content (AvgIpc) is 3.00. The maximum Gasteiger partial charge on any atom is 0.260 e. The van der Waals surface area contributed by atoms with Gasteiger partial charge < -0.3 is 18.9 Å². The fraction of sp³-hybridized carbons (Fsp3) is 0.0588. The van der Waals surface area contributed by atoms with E-state index >= 15 is 0 Å². The molecule has 0 fully saturated rings. The number of para-hydroxylation sites is 1. The van der Waals surface area contributed by atoms with Crippen LogP contribution in [0.2, 0.25) is 5.82 Å². The molecule has 0 radical (unpaired) electrons. The SMILES string of the molecule is C1=CC2Oc3cccc4c3B(c3ccc5c6c(ccc5c3O4)B3c4ccccc4Oc4cccc(c43)O6)C2C=C1. The summed E-state index contributed by atoms with van der Waals surface area (Å²) in [5.74, 6) is 6.39. The van der Waals surface area contributed by atoms with Gasteiger partial charge in [-0.2, -0.15) is 0 Å². The molecule has 1 aliphatic carbocycles. The normalized spacial score (nSPS) is 19.5. The van der Waals surface area contributed by atoms with Crippen molar-refractivity contribution in [1.82, 2.24) is 0 Å². The topological polar surface area (TPSA) is 36.9 Å². The Balaban J connectivity index is 1.21. The Morgan fingerprint density at radius 1 is 0.500 bits per heavy atom. The third kappa shape index (κ3) is 2.59. The monoisotopic (exact) mass is 514 g/mol. The van der Waals surface area contributed by atoms with Gasteiger partial charge in [-0.05, 0) is 52.8 Å². The molecule has 0 aromatic heterocycles. The molecule has 4 nitrogen and oxygen atoms in total. The highest BCUT2D eigenvalue weighted by Crippen LogP contribution is 2.44. The molecule has 2 unspecified atom stereocenters. The number of benzene rings is 5. The van der Waals surface area contributed by atoms with Gasteiger partial charge >= 0.3 is 0 Å². The third-order valence-corrected chi connectivity index (χ3v) is 9.11. The molecule has 0 bridgehead atoms.